The first-order valence-electron chi connectivity index (χ1n) is 12.7. The maximum Gasteiger partial charge on any atom is 0.246 e. The molecule has 0 aliphatic carbocycles. The molecule has 2 aliphatic heterocycles. The largest absolute Gasteiger partial charge is 0.493 e. The molecule has 1 saturated heterocycles. The van der Waals surface area contributed by atoms with Gasteiger partial charge in [0.1, 0.15) is 0 Å². The van der Waals surface area contributed by atoms with E-state index in [4.69, 9.17) is 19.2 Å². The van der Waals surface area contributed by atoms with Crippen LogP contribution in [0.2, 0.25) is 0 Å². The maximum absolute atomic E-state index is 13.0. The van der Waals surface area contributed by atoms with Gasteiger partial charge in [-0.25, -0.2) is 4.98 Å². The van der Waals surface area contributed by atoms with Crippen LogP contribution in [0.1, 0.15) is 18.4 Å². The summed E-state index contributed by atoms with van der Waals surface area (Å²) < 4.78 is 18.6. The molecule has 37 heavy (non-hydrogen) atoms. The van der Waals surface area contributed by atoms with Gasteiger partial charge >= 0.3 is 0 Å². The van der Waals surface area contributed by atoms with E-state index in [0.29, 0.717) is 22.5 Å². The SMILES string of the molecule is COc1cc(/C=C/C(=O)N2CCCN(CC3CCn4c(nc5ccccc54)S3)CC2)cc(OC)c1OC. The van der Waals surface area contributed by atoms with Crippen molar-refractivity contribution in [1.82, 2.24) is 19.4 Å². The average Bonchev–Trinajstić information content (AvgIpc) is 3.13. The molecule has 3 heterocycles. The number of fused-ring (bicyclic) bond motifs is 3. The van der Waals surface area contributed by atoms with E-state index in [2.05, 4.69) is 27.7 Å². The smallest absolute Gasteiger partial charge is 0.246 e. The van der Waals surface area contributed by atoms with Crippen LogP contribution >= 0.6 is 11.8 Å². The Morgan fingerprint density at radius 3 is 2.57 bits per heavy atom. The van der Waals surface area contributed by atoms with Crippen molar-refractivity contribution in [3.05, 3.63) is 48.0 Å². The number of nitrogens with zero attached hydrogens (tertiary/aromatic N) is 4. The highest BCUT2D eigenvalue weighted by Gasteiger charge is 2.26. The lowest BCUT2D eigenvalue weighted by atomic mass is 10.1. The fourth-order valence-electron chi connectivity index (χ4n) is 5.10. The summed E-state index contributed by atoms with van der Waals surface area (Å²) in [5.74, 6) is 1.69. The molecule has 3 aromatic rings. The Kier molecular flexibility index (Phi) is 7.90. The third kappa shape index (κ3) is 5.57. The Balaban J connectivity index is 1.17. The van der Waals surface area contributed by atoms with Gasteiger partial charge in [0.15, 0.2) is 16.7 Å². The average molecular weight is 523 g/mol. The number of thioether (sulfide) groups is 1. The van der Waals surface area contributed by atoms with Gasteiger partial charge < -0.3 is 28.6 Å². The summed E-state index contributed by atoms with van der Waals surface area (Å²) in [5.41, 5.74) is 3.13. The van der Waals surface area contributed by atoms with E-state index < -0.39 is 0 Å². The van der Waals surface area contributed by atoms with Crippen LogP contribution in [-0.4, -0.2) is 84.6 Å². The number of aromatic nitrogens is 2. The van der Waals surface area contributed by atoms with E-state index in [9.17, 15) is 4.79 Å². The number of carbonyl (C=O) groups excluding carboxylic acids is 1. The number of para-hydroxylation sites is 2. The summed E-state index contributed by atoms with van der Waals surface area (Å²) in [6, 6.07) is 12.1. The zero-order chi connectivity index (χ0) is 25.8. The number of imidazole rings is 1. The maximum atomic E-state index is 13.0. The van der Waals surface area contributed by atoms with E-state index in [1.807, 2.05) is 34.9 Å². The van der Waals surface area contributed by atoms with Gasteiger partial charge in [-0.05, 0) is 55.3 Å². The number of ether oxygens (including phenoxy) is 3. The van der Waals surface area contributed by atoms with E-state index in [1.54, 1.807) is 33.5 Å². The zero-order valence-corrected chi connectivity index (χ0v) is 22.5. The van der Waals surface area contributed by atoms with Crippen molar-refractivity contribution in [2.24, 2.45) is 0 Å². The normalized spacial score (nSPS) is 18.6. The lowest BCUT2D eigenvalue weighted by molar-refractivity contribution is -0.125. The van der Waals surface area contributed by atoms with Crippen LogP contribution in [0, 0.1) is 0 Å². The Morgan fingerprint density at radius 1 is 1.03 bits per heavy atom. The van der Waals surface area contributed by atoms with Crippen molar-refractivity contribution in [2.45, 2.75) is 29.8 Å². The molecular weight excluding hydrogens is 488 g/mol. The number of amides is 1. The highest BCUT2D eigenvalue weighted by molar-refractivity contribution is 7.99. The monoisotopic (exact) mass is 522 g/mol. The van der Waals surface area contributed by atoms with Gasteiger partial charge in [0.25, 0.3) is 0 Å². The predicted octanol–water partition coefficient (Wildman–Crippen LogP) is 4.17. The molecular formula is C28H34N4O4S. The standard InChI is InChI=1S/C28H34N4O4S/c1-34-24-17-20(18-25(35-2)27(24)36-3)9-10-26(33)31-13-6-12-30(15-16-31)19-21-11-14-32-23-8-5-4-7-22(23)29-28(32)37-21/h4-5,7-10,17-18,21H,6,11-16,19H2,1-3H3/b10-9+. The lowest BCUT2D eigenvalue weighted by Gasteiger charge is -2.29. The summed E-state index contributed by atoms with van der Waals surface area (Å²) in [7, 11) is 4.74. The minimum absolute atomic E-state index is 0.0244. The second-order valence-electron chi connectivity index (χ2n) is 9.33. The van der Waals surface area contributed by atoms with Crippen LogP contribution in [0.3, 0.4) is 0 Å². The van der Waals surface area contributed by atoms with Gasteiger partial charge in [0.2, 0.25) is 11.7 Å². The molecule has 8 nitrogen and oxygen atoms in total. The third-order valence-electron chi connectivity index (χ3n) is 7.03. The molecule has 1 unspecified atom stereocenters. The summed E-state index contributed by atoms with van der Waals surface area (Å²) in [5, 5.41) is 1.65. The minimum atomic E-state index is 0.0244. The fourth-order valence-corrected chi connectivity index (χ4v) is 6.38. The molecule has 0 saturated carbocycles. The van der Waals surface area contributed by atoms with E-state index in [-0.39, 0.29) is 5.91 Å². The molecule has 1 atom stereocenters. The van der Waals surface area contributed by atoms with Gasteiger partial charge in [-0.2, -0.15) is 0 Å². The van der Waals surface area contributed by atoms with Gasteiger partial charge in [0.05, 0.1) is 32.4 Å². The Morgan fingerprint density at radius 2 is 1.81 bits per heavy atom. The van der Waals surface area contributed by atoms with Crippen LogP contribution in [0.5, 0.6) is 17.2 Å². The van der Waals surface area contributed by atoms with E-state index in [1.165, 1.54) is 5.52 Å². The number of carbonyl (C=O) groups is 1. The molecule has 2 aliphatic rings. The van der Waals surface area contributed by atoms with Crippen molar-refractivity contribution in [3.8, 4) is 17.2 Å². The Hall–Kier alpha value is -3.17. The first-order valence-corrected chi connectivity index (χ1v) is 13.6. The van der Waals surface area contributed by atoms with Crippen LogP contribution in [0.15, 0.2) is 47.6 Å². The molecule has 2 aromatic carbocycles. The number of hydrogen-bond acceptors (Lipinski definition) is 7. The first kappa shape index (κ1) is 25.5. The minimum Gasteiger partial charge on any atom is -0.493 e. The molecule has 1 aromatic heterocycles. The van der Waals surface area contributed by atoms with Crippen molar-refractivity contribution >= 4 is 34.8 Å². The van der Waals surface area contributed by atoms with Crippen LogP contribution < -0.4 is 14.2 Å². The van der Waals surface area contributed by atoms with Gasteiger partial charge in [0, 0.05) is 44.0 Å². The summed E-state index contributed by atoms with van der Waals surface area (Å²) >= 11 is 1.89. The number of rotatable bonds is 7. The first-order chi connectivity index (χ1) is 18.1. The zero-order valence-electron chi connectivity index (χ0n) is 21.7. The predicted molar refractivity (Wildman–Crippen MR) is 147 cm³/mol. The van der Waals surface area contributed by atoms with Gasteiger partial charge in [-0.1, -0.05) is 23.9 Å². The molecule has 1 fully saturated rings. The molecule has 0 spiro atoms. The van der Waals surface area contributed by atoms with Crippen molar-refractivity contribution in [3.63, 3.8) is 0 Å². The molecule has 9 heteroatoms. The number of hydrogen-bond donors (Lipinski definition) is 0. The molecule has 196 valence electrons. The number of methoxy groups -OCH3 is 3. The highest BCUT2D eigenvalue weighted by Crippen LogP contribution is 2.38. The second-order valence-corrected chi connectivity index (χ2v) is 10.6. The second kappa shape index (κ2) is 11.5. The van der Waals surface area contributed by atoms with Crippen molar-refractivity contribution in [1.29, 1.82) is 0 Å². The number of aryl methyl sites for hydroxylation is 1. The van der Waals surface area contributed by atoms with E-state index in [0.717, 1.165) is 68.3 Å². The van der Waals surface area contributed by atoms with Crippen molar-refractivity contribution < 1.29 is 19.0 Å². The number of benzene rings is 2. The van der Waals surface area contributed by atoms with Crippen molar-refractivity contribution in [2.75, 3.05) is 54.1 Å². The topological polar surface area (TPSA) is 69.1 Å². The third-order valence-corrected chi connectivity index (χ3v) is 8.27. The summed E-state index contributed by atoms with van der Waals surface area (Å²) in [6.45, 7) is 5.43. The Labute approximate surface area is 222 Å². The highest BCUT2D eigenvalue weighted by atomic mass is 32.2. The fraction of sp³-hybridized carbons (Fsp3) is 0.429. The summed E-state index contributed by atoms with van der Waals surface area (Å²) in [4.78, 5) is 22.3. The molecule has 0 radical (unpaired) electrons. The molecule has 5 rings (SSSR count). The van der Waals surface area contributed by atoms with Crippen LogP contribution in [0.25, 0.3) is 17.1 Å². The van der Waals surface area contributed by atoms with Crippen LogP contribution in [0.4, 0.5) is 0 Å². The van der Waals surface area contributed by atoms with Crippen LogP contribution in [-0.2, 0) is 11.3 Å². The molecule has 0 bridgehead atoms. The lowest BCUT2D eigenvalue weighted by Crippen LogP contribution is -2.37. The quantitative estimate of drug-likeness (QED) is 0.432. The van der Waals surface area contributed by atoms with E-state index >= 15 is 0 Å². The summed E-state index contributed by atoms with van der Waals surface area (Å²) in [6.07, 6.45) is 5.55. The van der Waals surface area contributed by atoms with Gasteiger partial charge in [-0.15, -0.1) is 0 Å². The van der Waals surface area contributed by atoms with Gasteiger partial charge in [-0.3, -0.25) is 4.79 Å². The molecule has 0 N–H and O–H groups in total. The Bertz CT molecular complexity index is 1270. The molecule has 1 amide bonds.